The minimum absolute atomic E-state index is 0.226. The van der Waals surface area contributed by atoms with E-state index in [9.17, 15) is 4.79 Å². The van der Waals surface area contributed by atoms with Crippen LogP contribution in [0.3, 0.4) is 0 Å². The van der Waals surface area contributed by atoms with Gasteiger partial charge in [-0.15, -0.1) is 11.3 Å². The molecule has 1 aromatic heterocycles. The summed E-state index contributed by atoms with van der Waals surface area (Å²) in [7, 11) is 0. The first-order chi connectivity index (χ1) is 7.70. The maximum Gasteiger partial charge on any atom is 0.223 e. The highest BCUT2D eigenvalue weighted by Gasteiger charge is 2.29. The van der Waals surface area contributed by atoms with Gasteiger partial charge in [0.2, 0.25) is 5.91 Å². The third-order valence-corrected chi connectivity index (χ3v) is 3.93. The van der Waals surface area contributed by atoms with Crippen LogP contribution in [0, 0.1) is 12.8 Å². The standard InChI is InChI=1S/C12H18N2OS/c1-3-10-8(2)16-11(14-10)6-7-13-12(15)9-4-5-9/h9H,3-7H2,1-2H3,(H,13,15). The summed E-state index contributed by atoms with van der Waals surface area (Å²) in [5, 5.41) is 4.11. The van der Waals surface area contributed by atoms with Crippen LogP contribution in [0.1, 0.15) is 35.3 Å². The second kappa shape index (κ2) is 4.95. The van der Waals surface area contributed by atoms with Crippen LogP contribution in [0.25, 0.3) is 0 Å². The first-order valence-corrected chi connectivity index (χ1v) is 6.75. The Balaban J connectivity index is 1.77. The van der Waals surface area contributed by atoms with Crippen LogP contribution in [0.5, 0.6) is 0 Å². The summed E-state index contributed by atoms with van der Waals surface area (Å²) in [5.41, 5.74) is 1.20. The molecule has 1 aliphatic rings. The average molecular weight is 238 g/mol. The molecule has 1 saturated carbocycles. The molecule has 1 amide bonds. The molecule has 0 aliphatic heterocycles. The van der Waals surface area contributed by atoms with Gasteiger partial charge in [0.1, 0.15) is 0 Å². The van der Waals surface area contributed by atoms with E-state index < -0.39 is 0 Å². The molecule has 0 aromatic carbocycles. The lowest BCUT2D eigenvalue weighted by Gasteiger charge is -2.01. The zero-order valence-corrected chi connectivity index (χ0v) is 10.7. The number of nitrogens with one attached hydrogen (secondary N) is 1. The van der Waals surface area contributed by atoms with Gasteiger partial charge in [0.25, 0.3) is 0 Å². The molecule has 0 saturated heterocycles. The van der Waals surface area contributed by atoms with Gasteiger partial charge in [0, 0.05) is 23.8 Å². The van der Waals surface area contributed by atoms with Crippen molar-refractivity contribution in [2.45, 2.75) is 39.5 Å². The maximum absolute atomic E-state index is 11.4. The van der Waals surface area contributed by atoms with Crippen molar-refractivity contribution in [2.75, 3.05) is 6.54 Å². The predicted molar refractivity (Wildman–Crippen MR) is 65.7 cm³/mol. The lowest BCUT2D eigenvalue weighted by Crippen LogP contribution is -2.26. The molecule has 0 bridgehead atoms. The van der Waals surface area contributed by atoms with Crippen LogP contribution in [-0.2, 0) is 17.6 Å². The SMILES string of the molecule is CCc1nc(CCNC(=O)C2CC2)sc1C. The van der Waals surface area contributed by atoms with Crippen molar-refractivity contribution in [1.82, 2.24) is 10.3 Å². The second-order valence-electron chi connectivity index (χ2n) is 4.28. The maximum atomic E-state index is 11.4. The van der Waals surface area contributed by atoms with E-state index in [2.05, 4.69) is 24.1 Å². The van der Waals surface area contributed by atoms with Crippen LogP contribution in [-0.4, -0.2) is 17.4 Å². The molecular formula is C12H18N2OS. The van der Waals surface area contributed by atoms with E-state index in [1.165, 1.54) is 10.6 Å². The Morgan fingerprint density at radius 1 is 1.56 bits per heavy atom. The Bertz CT molecular complexity index is 382. The molecule has 1 heterocycles. The fourth-order valence-corrected chi connectivity index (χ4v) is 2.73. The molecule has 2 rings (SSSR count). The quantitative estimate of drug-likeness (QED) is 0.853. The van der Waals surface area contributed by atoms with E-state index in [1.54, 1.807) is 11.3 Å². The van der Waals surface area contributed by atoms with Gasteiger partial charge in [0.15, 0.2) is 0 Å². The van der Waals surface area contributed by atoms with Gasteiger partial charge in [-0.1, -0.05) is 6.92 Å². The summed E-state index contributed by atoms with van der Waals surface area (Å²) in [6.07, 6.45) is 4.01. The number of carbonyl (C=O) groups excluding carboxylic acids is 1. The minimum Gasteiger partial charge on any atom is -0.355 e. The fraction of sp³-hybridized carbons (Fsp3) is 0.667. The average Bonchev–Trinajstić information content (AvgIpc) is 3.04. The number of rotatable bonds is 5. The molecule has 0 unspecified atom stereocenters. The van der Waals surface area contributed by atoms with Gasteiger partial charge >= 0.3 is 0 Å². The van der Waals surface area contributed by atoms with Crippen molar-refractivity contribution in [1.29, 1.82) is 0 Å². The first kappa shape index (κ1) is 11.6. The van der Waals surface area contributed by atoms with Crippen molar-refractivity contribution in [2.24, 2.45) is 5.92 Å². The van der Waals surface area contributed by atoms with Gasteiger partial charge in [0.05, 0.1) is 10.7 Å². The summed E-state index contributed by atoms with van der Waals surface area (Å²) < 4.78 is 0. The highest BCUT2D eigenvalue weighted by molar-refractivity contribution is 7.11. The summed E-state index contributed by atoms with van der Waals surface area (Å²) in [6.45, 7) is 4.97. The van der Waals surface area contributed by atoms with Crippen molar-refractivity contribution in [3.8, 4) is 0 Å². The van der Waals surface area contributed by atoms with E-state index in [1.807, 2.05) is 0 Å². The smallest absolute Gasteiger partial charge is 0.223 e. The summed E-state index contributed by atoms with van der Waals surface area (Å²) in [4.78, 5) is 17.3. The molecular weight excluding hydrogens is 220 g/mol. The first-order valence-electron chi connectivity index (χ1n) is 5.93. The molecule has 0 radical (unpaired) electrons. The highest BCUT2D eigenvalue weighted by atomic mass is 32.1. The third-order valence-electron chi connectivity index (χ3n) is 2.86. The van der Waals surface area contributed by atoms with E-state index in [-0.39, 0.29) is 5.91 Å². The molecule has 88 valence electrons. The Kier molecular flexibility index (Phi) is 3.59. The van der Waals surface area contributed by atoms with Crippen molar-refractivity contribution < 1.29 is 4.79 Å². The molecule has 0 atom stereocenters. The second-order valence-corrected chi connectivity index (χ2v) is 5.57. The molecule has 4 heteroatoms. The Hall–Kier alpha value is -0.900. The Labute approximate surface area is 100 Å². The molecule has 1 aliphatic carbocycles. The number of aromatic nitrogens is 1. The third kappa shape index (κ3) is 2.82. The number of amides is 1. The van der Waals surface area contributed by atoms with E-state index in [0.717, 1.165) is 37.2 Å². The Morgan fingerprint density at radius 2 is 2.31 bits per heavy atom. The summed E-state index contributed by atoms with van der Waals surface area (Å²) >= 11 is 1.75. The van der Waals surface area contributed by atoms with Gasteiger partial charge in [-0.2, -0.15) is 0 Å². The number of nitrogens with zero attached hydrogens (tertiary/aromatic N) is 1. The number of hydrogen-bond donors (Lipinski definition) is 1. The molecule has 1 fully saturated rings. The van der Waals surface area contributed by atoms with Gasteiger partial charge in [-0.05, 0) is 26.2 Å². The van der Waals surface area contributed by atoms with Crippen LogP contribution in [0.15, 0.2) is 0 Å². The summed E-state index contributed by atoms with van der Waals surface area (Å²) in [6, 6.07) is 0. The molecule has 1 N–H and O–H groups in total. The zero-order chi connectivity index (χ0) is 11.5. The number of thiazole rings is 1. The van der Waals surface area contributed by atoms with Crippen LogP contribution >= 0.6 is 11.3 Å². The molecule has 0 spiro atoms. The topological polar surface area (TPSA) is 42.0 Å². The molecule has 16 heavy (non-hydrogen) atoms. The lowest BCUT2D eigenvalue weighted by molar-refractivity contribution is -0.122. The van der Waals surface area contributed by atoms with Crippen LogP contribution < -0.4 is 5.32 Å². The van der Waals surface area contributed by atoms with E-state index >= 15 is 0 Å². The van der Waals surface area contributed by atoms with E-state index in [0.29, 0.717) is 5.92 Å². The van der Waals surface area contributed by atoms with E-state index in [4.69, 9.17) is 0 Å². The van der Waals surface area contributed by atoms with Crippen molar-refractivity contribution >= 4 is 17.2 Å². The predicted octanol–water partition coefficient (Wildman–Crippen LogP) is 2.08. The zero-order valence-electron chi connectivity index (χ0n) is 9.88. The van der Waals surface area contributed by atoms with Gasteiger partial charge in [-0.3, -0.25) is 4.79 Å². The number of hydrogen-bond acceptors (Lipinski definition) is 3. The van der Waals surface area contributed by atoms with Gasteiger partial charge in [-0.25, -0.2) is 4.98 Å². The summed E-state index contributed by atoms with van der Waals surface area (Å²) in [5.74, 6) is 0.535. The largest absolute Gasteiger partial charge is 0.355 e. The normalized spacial score (nSPS) is 15.1. The fourth-order valence-electron chi connectivity index (χ4n) is 1.71. The molecule has 1 aromatic rings. The van der Waals surface area contributed by atoms with Gasteiger partial charge < -0.3 is 5.32 Å². The van der Waals surface area contributed by atoms with Crippen molar-refractivity contribution in [3.05, 3.63) is 15.6 Å². The van der Waals surface area contributed by atoms with Crippen LogP contribution in [0.4, 0.5) is 0 Å². The molecule has 3 nitrogen and oxygen atoms in total. The lowest BCUT2D eigenvalue weighted by atomic mass is 10.3. The number of aryl methyl sites for hydroxylation is 2. The monoisotopic (exact) mass is 238 g/mol. The Morgan fingerprint density at radius 3 is 2.88 bits per heavy atom. The van der Waals surface area contributed by atoms with Crippen molar-refractivity contribution in [3.63, 3.8) is 0 Å². The number of carbonyl (C=O) groups is 1. The minimum atomic E-state index is 0.226. The van der Waals surface area contributed by atoms with Crippen LogP contribution in [0.2, 0.25) is 0 Å². The highest BCUT2D eigenvalue weighted by Crippen LogP contribution is 2.28.